The maximum absolute atomic E-state index is 11.7. The van der Waals surface area contributed by atoms with E-state index in [0.717, 1.165) is 29.2 Å². The van der Waals surface area contributed by atoms with Crippen molar-refractivity contribution in [2.24, 2.45) is 0 Å². The molecule has 27 heavy (non-hydrogen) atoms. The highest BCUT2D eigenvalue weighted by Crippen LogP contribution is 2.21. The number of thiazole rings is 1. The zero-order chi connectivity index (χ0) is 19.3. The summed E-state index contributed by atoms with van der Waals surface area (Å²) in [4.78, 5) is 20.3. The molecular formula is C19H23N5O2S. The Morgan fingerprint density at radius 1 is 1.30 bits per heavy atom. The molecule has 3 aromatic rings. The highest BCUT2D eigenvalue weighted by atomic mass is 32.1. The quantitative estimate of drug-likeness (QED) is 0.700. The van der Waals surface area contributed by atoms with Crippen molar-refractivity contribution in [1.29, 1.82) is 0 Å². The maximum Gasteiger partial charge on any atom is 0.408 e. The Hall–Kier alpha value is -2.74. The molecule has 0 spiro atoms. The number of ether oxygens (including phenoxy) is 1. The van der Waals surface area contributed by atoms with Gasteiger partial charge in [0.1, 0.15) is 10.6 Å². The normalized spacial score (nSPS) is 11.4. The first kappa shape index (κ1) is 19.0. The summed E-state index contributed by atoms with van der Waals surface area (Å²) in [6, 6.07) is 4.02. The Morgan fingerprint density at radius 3 is 2.81 bits per heavy atom. The molecule has 0 saturated heterocycles. The van der Waals surface area contributed by atoms with Gasteiger partial charge in [0, 0.05) is 36.1 Å². The van der Waals surface area contributed by atoms with Crippen LogP contribution in [0.4, 0.5) is 4.79 Å². The van der Waals surface area contributed by atoms with Gasteiger partial charge in [0.15, 0.2) is 0 Å². The third-order valence-corrected chi connectivity index (χ3v) is 4.49. The van der Waals surface area contributed by atoms with Gasteiger partial charge in [-0.1, -0.05) is 0 Å². The Kier molecular flexibility index (Phi) is 5.85. The third-order valence-electron chi connectivity index (χ3n) is 3.64. The van der Waals surface area contributed by atoms with Crippen molar-refractivity contribution >= 4 is 17.4 Å². The fraction of sp³-hybridized carbons (Fsp3) is 0.368. The molecule has 142 valence electrons. The van der Waals surface area contributed by atoms with E-state index in [1.807, 2.05) is 55.4 Å². The average molecular weight is 385 g/mol. The van der Waals surface area contributed by atoms with Crippen molar-refractivity contribution in [2.45, 2.75) is 45.9 Å². The number of hydrogen-bond acceptors (Lipinski definition) is 6. The molecule has 0 fully saturated rings. The lowest BCUT2D eigenvalue weighted by Crippen LogP contribution is -2.32. The minimum absolute atomic E-state index is 0.343. The number of carbonyl (C=O) groups excluding carboxylic acids is 1. The number of hydrogen-bond donors (Lipinski definition) is 1. The smallest absolute Gasteiger partial charge is 0.408 e. The summed E-state index contributed by atoms with van der Waals surface area (Å²) < 4.78 is 7.14. The van der Waals surface area contributed by atoms with Gasteiger partial charge in [0.25, 0.3) is 0 Å². The van der Waals surface area contributed by atoms with Gasteiger partial charge in [0.05, 0.1) is 18.4 Å². The number of rotatable bonds is 6. The van der Waals surface area contributed by atoms with E-state index in [9.17, 15) is 4.79 Å². The van der Waals surface area contributed by atoms with Gasteiger partial charge in [0.2, 0.25) is 0 Å². The molecule has 0 aromatic carbocycles. The summed E-state index contributed by atoms with van der Waals surface area (Å²) in [5, 5.41) is 9.92. The number of nitrogens with zero attached hydrogens (tertiary/aromatic N) is 4. The lowest BCUT2D eigenvalue weighted by molar-refractivity contribution is 0.0523. The highest BCUT2D eigenvalue weighted by Gasteiger charge is 2.16. The third kappa shape index (κ3) is 5.89. The monoisotopic (exact) mass is 385 g/mol. The minimum atomic E-state index is -0.511. The number of carbonyl (C=O) groups is 1. The van der Waals surface area contributed by atoms with Gasteiger partial charge in [-0.3, -0.25) is 9.67 Å². The van der Waals surface area contributed by atoms with E-state index in [0.29, 0.717) is 6.54 Å². The first-order valence-corrected chi connectivity index (χ1v) is 9.60. The Morgan fingerprint density at radius 2 is 2.07 bits per heavy atom. The summed E-state index contributed by atoms with van der Waals surface area (Å²) in [5.74, 6) is 0. The van der Waals surface area contributed by atoms with Gasteiger partial charge < -0.3 is 10.1 Å². The molecule has 0 radical (unpaired) electrons. The average Bonchev–Trinajstić information content (AvgIpc) is 3.27. The Bertz CT molecular complexity index is 883. The SMILES string of the molecule is CC(C)(C)OC(=O)NCc1nc(-c2cnn(CCc3ccncc3)c2)cs1. The van der Waals surface area contributed by atoms with Crippen molar-refractivity contribution in [3.8, 4) is 11.3 Å². The molecule has 0 aliphatic carbocycles. The number of aryl methyl sites for hydroxylation is 2. The Labute approximate surface area is 162 Å². The molecule has 3 heterocycles. The van der Waals surface area contributed by atoms with E-state index in [1.54, 1.807) is 12.4 Å². The van der Waals surface area contributed by atoms with Crippen LogP contribution < -0.4 is 5.32 Å². The molecule has 8 heteroatoms. The number of pyridine rings is 1. The summed E-state index contributed by atoms with van der Waals surface area (Å²) >= 11 is 1.50. The predicted molar refractivity (Wildman–Crippen MR) is 104 cm³/mol. The van der Waals surface area contributed by atoms with Crippen LogP contribution in [0, 0.1) is 0 Å². The standard InChI is InChI=1S/C19H23N5O2S/c1-19(2,3)26-18(25)21-11-17-23-16(13-27-17)15-10-22-24(12-15)9-6-14-4-7-20-8-5-14/h4-5,7-8,10,12-13H,6,9,11H2,1-3H3,(H,21,25). The van der Waals surface area contributed by atoms with Crippen molar-refractivity contribution in [1.82, 2.24) is 25.1 Å². The molecule has 3 aromatic heterocycles. The zero-order valence-electron chi connectivity index (χ0n) is 15.7. The number of nitrogens with one attached hydrogen (secondary N) is 1. The molecule has 0 bridgehead atoms. The number of amides is 1. The number of alkyl carbamates (subject to hydrolysis) is 1. The first-order valence-electron chi connectivity index (χ1n) is 8.72. The van der Waals surface area contributed by atoms with Crippen LogP contribution in [0.5, 0.6) is 0 Å². The van der Waals surface area contributed by atoms with Crippen molar-refractivity contribution in [3.63, 3.8) is 0 Å². The van der Waals surface area contributed by atoms with Gasteiger partial charge in [-0.15, -0.1) is 11.3 Å². The number of aromatic nitrogens is 4. The first-order chi connectivity index (χ1) is 12.9. The molecule has 1 N–H and O–H groups in total. The van der Waals surface area contributed by atoms with Crippen LogP contribution in [-0.4, -0.2) is 31.4 Å². The van der Waals surface area contributed by atoms with Crippen molar-refractivity contribution in [2.75, 3.05) is 0 Å². The van der Waals surface area contributed by atoms with Crippen LogP contribution in [0.1, 0.15) is 31.3 Å². The molecule has 1 amide bonds. The Balaban J connectivity index is 1.54. The zero-order valence-corrected chi connectivity index (χ0v) is 16.5. The summed E-state index contributed by atoms with van der Waals surface area (Å²) in [7, 11) is 0. The second kappa shape index (κ2) is 8.30. The minimum Gasteiger partial charge on any atom is -0.444 e. The lowest BCUT2D eigenvalue weighted by atomic mass is 10.2. The van der Waals surface area contributed by atoms with Crippen LogP contribution in [-0.2, 0) is 24.2 Å². The van der Waals surface area contributed by atoms with Gasteiger partial charge >= 0.3 is 6.09 Å². The van der Waals surface area contributed by atoms with Crippen LogP contribution in [0.25, 0.3) is 11.3 Å². The van der Waals surface area contributed by atoms with Crippen LogP contribution in [0.2, 0.25) is 0 Å². The van der Waals surface area contributed by atoms with E-state index < -0.39 is 11.7 Å². The molecule has 0 aliphatic rings. The van der Waals surface area contributed by atoms with E-state index in [2.05, 4.69) is 20.4 Å². The maximum atomic E-state index is 11.7. The molecule has 0 aliphatic heterocycles. The second-order valence-electron chi connectivity index (χ2n) is 7.08. The molecule has 0 atom stereocenters. The van der Waals surface area contributed by atoms with E-state index in [1.165, 1.54) is 16.9 Å². The molecular weight excluding hydrogens is 362 g/mol. The van der Waals surface area contributed by atoms with Crippen LogP contribution >= 0.6 is 11.3 Å². The largest absolute Gasteiger partial charge is 0.444 e. The summed E-state index contributed by atoms with van der Waals surface area (Å²) in [5.41, 5.74) is 2.54. The van der Waals surface area contributed by atoms with E-state index in [-0.39, 0.29) is 0 Å². The summed E-state index contributed by atoms with van der Waals surface area (Å²) in [6.45, 7) is 6.64. The van der Waals surface area contributed by atoms with Crippen molar-refractivity contribution < 1.29 is 9.53 Å². The predicted octanol–water partition coefficient (Wildman–Crippen LogP) is 3.67. The van der Waals surface area contributed by atoms with E-state index in [4.69, 9.17) is 4.74 Å². The molecule has 0 unspecified atom stereocenters. The van der Waals surface area contributed by atoms with E-state index >= 15 is 0 Å². The van der Waals surface area contributed by atoms with Crippen LogP contribution in [0.3, 0.4) is 0 Å². The van der Waals surface area contributed by atoms with Crippen LogP contribution in [0.15, 0.2) is 42.3 Å². The molecule has 3 rings (SSSR count). The second-order valence-corrected chi connectivity index (χ2v) is 8.02. The molecule has 0 saturated carbocycles. The van der Waals surface area contributed by atoms with Gasteiger partial charge in [-0.2, -0.15) is 5.10 Å². The fourth-order valence-corrected chi connectivity index (χ4v) is 3.14. The topological polar surface area (TPSA) is 81.9 Å². The summed E-state index contributed by atoms with van der Waals surface area (Å²) in [6.07, 6.45) is 7.85. The van der Waals surface area contributed by atoms with Gasteiger partial charge in [-0.05, 0) is 44.9 Å². The lowest BCUT2D eigenvalue weighted by Gasteiger charge is -2.19. The van der Waals surface area contributed by atoms with Crippen molar-refractivity contribution in [3.05, 3.63) is 52.9 Å². The molecule has 7 nitrogen and oxygen atoms in total. The highest BCUT2D eigenvalue weighted by molar-refractivity contribution is 7.09. The van der Waals surface area contributed by atoms with Gasteiger partial charge in [-0.25, -0.2) is 9.78 Å². The fourth-order valence-electron chi connectivity index (χ4n) is 2.40.